The fourth-order valence-corrected chi connectivity index (χ4v) is 4.35. The zero-order chi connectivity index (χ0) is 26.3. The minimum Gasteiger partial charge on any atom is -0.497 e. The van der Waals surface area contributed by atoms with Crippen LogP contribution >= 0.6 is 0 Å². The number of hydrogen-bond donors (Lipinski definition) is 1. The van der Waals surface area contributed by atoms with E-state index in [1.54, 1.807) is 56.5 Å². The van der Waals surface area contributed by atoms with Crippen molar-refractivity contribution in [2.75, 3.05) is 31.3 Å². The van der Waals surface area contributed by atoms with Crippen molar-refractivity contribution < 1.29 is 27.5 Å². The minimum atomic E-state index is -3.85. The fourth-order valence-electron chi connectivity index (χ4n) is 3.51. The summed E-state index contributed by atoms with van der Waals surface area (Å²) in [6, 6.07) is 11.2. The van der Waals surface area contributed by atoms with Gasteiger partial charge in [0.1, 0.15) is 24.1 Å². The molecular formula is C25H35N3O6S. The van der Waals surface area contributed by atoms with Gasteiger partial charge in [-0.1, -0.05) is 18.2 Å². The van der Waals surface area contributed by atoms with Crippen LogP contribution in [0, 0.1) is 6.92 Å². The largest absolute Gasteiger partial charge is 0.497 e. The smallest absolute Gasteiger partial charge is 0.244 e. The number of amides is 2. The highest BCUT2D eigenvalue weighted by Gasteiger charge is 2.31. The molecule has 0 heterocycles. The molecule has 1 atom stereocenters. The summed E-state index contributed by atoms with van der Waals surface area (Å²) in [6.45, 7) is 6.72. The molecule has 35 heavy (non-hydrogen) atoms. The molecule has 0 aliphatic carbocycles. The number of nitrogens with one attached hydrogen (secondary N) is 1. The lowest BCUT2D eigenvalue weighted by Gasteiger charge is -2.32. The Balaban J connectivity index is 2.45. The fraction of sp³-hybridized carbons (Fsp3) is 0.440. The van der Waals surface area contributed by atoms with E-state index in [0.29, 0.717) is 11.5 Å². The molecule has 0 saturated heterocycles. The molecule has 192 valence electrons. The lowest BCUT2D eigenvalue weighted by Crippen LogP contribution is -2.52. The molecule has 9 nitrogen and oxygen atoms in total. The summed E-state index contributed by atoms with van der Waals surface area (Å²) in [4.78, 5) is 27.8. The van der Waals surface area contributed by atoms with E-state index in [0.717, 1.165) is 21.7 Å². The van der Waals surface area contributed by atoms with Crippen molar-refractivity contribution in [2.45, 2.75) is 46.3 Å². The third-order valence-electron chi connectivity index (χ3n) is 5.39. The predicted molar refractivity (Wildman–Crippen MR) is 136 cm³/mol. The third kappa shape index (κ3) is 7.61. The summed E-state index contributed by atoms with van der Waals surface area (Å²) >= 11 is 0. The SMILES string of the molecule is COc1ccc(CN(C(=O)CN(c2cc(C)ccc2OC)S(C)(=O)=O)C(C)C(=O)NC(C)C)cc1. The number of anilines is 1. The molecule has 2 aromatic rings. The summed E-state index contributed by atoms with van der Waals surface area (Å²) in [7, 11) is -0.861. The van der Waals surface area contributed by atoms with Gasteiger partial charge in [-0.2, -0.15) is 0 Å². The molecule has 2 amide bonds. The molecular weight excluding hydrogens is 470 g/mol. The number of methoxy groups -OCH3 is 2. The van der Waals surface area contributed by atoms with Gasteiger partial charge in [0.05, 0.1) is 26.2 Å². The van der Waals surface area contributed by atoms with Gasteiger partial charge in [0.2, 0.25) is 21.8 Å². The first-order valence-corrected chi connectivity index (χ1v) is 13.1. The highest BCUT2D eigenvalue weighted by molar-refractivity contribution is 7.92. The molecule has 0 aliphatic rings. The summed E-state index contributed by atoms with van der Waals surface area (Å²) in [5.41, 5.74) is 1.83. The third-order valence-corrected chi connectivity index (χ3v) is 6.52. The average Bonchev–Trinajstić information content (AvgIpc) is 2.79. The van der Waals surface area contributed by atoms with Gasteiger partial charge in [-0.3, -0.25) is 13.9 Å². The van der Waals surface area contributed by atoms with Crippen LogP contribution in [0.1, 0.15) is 31.9 Å². The average molecular weight is 506 g/mol. The number of aryl methyl sites for hydroxylation is 1. The van der Waals surface area contributed by atoms with Crippen molar-refractivity contribution >= 4 is 27.5 Å². The molecule has 1 unspecified atom stereocenters. The van der Waals surface area contributed by atoms with Gasteiger partial charge in [0.25, 0.3) is 0 Å². The number of sulfonamides is 1. The van der Waals surface area contributed by atoms with Crippen LogP contribution in [0.15, 0.2) is 42.5 Å². The monoisotopic (exact) mass is 505 g/mol. The van der Waals surface area contributed by atoms with E-state index in [1.165, 1.54) is 12.0 Å². The first-order valence-electron chi connectivity index (χ1n) is 11.2. The van der Waals surface area contributed by atoms with Gasteiger partial charge in [-0.25, -0.2) is 8.42 Å². The van der Waals surface area contributed by atoms with Gasteiger partial charge in [0, 0.05) is 12.6 Å². The lowest BCUT2D eigenvalue weighted by atomic mass is 10.1. The predicted octanol–water partition coefficient (Wildman–Crippen LogP) is 2.72. The maximum Gasteiger partial charge on any atom is 0.244 e. The second-order valence-electron chi connectivity index (χ2n) is 8.65. The van der Waals surface area contributed by atoms with Crippen molar-refractivity contribution in [1.29, 1.82) is 0 Å². The van der Waals surface area contributed by atoms with Crippen molar-refractivity contribution in [3.63, 3.8) is 0 Å². The Morgan fingerprint density at radius 3 is 2.14 bits per heavy atom. The van der Waals surface area contributed by atoms with Crippen LogP contribution in [0.4, 0.5) is 5.69 Å². The van der Waals surface area contributed by atoms with Crippen LogP contribution < -0.4 is 19.1 Å². The second-order valence-corrected chi connectivity index (χ2v) is 10.6. The number of hydrogen-bond acceptors (Lipinski definition) is 6. The maximum absolute atomic E-state index is 13.6. The van der Waals surface area contributed by atoms with E-state index in [-0.39, 0.29) is 24.2 Å². The molecule has 0 fully saturated rings. The molecule has 0 radical (unpaired) electrons. The first-order chi connectivity index (χ1) is 16.4. The first kappa shape index (κ1) is 28.0. The van der Waals surface area contributed by atoms with Gasteiger partial charge < -0.3 is 19.7 Å². The van der Waals surface area contributed by atoms with Crippen molar-refractivity contribution in [2.24, 2.45) is 0 Å². The molecule has 2 rings (SSSR count). The highest BCUT2D eigenvalue weighted by Crippen LogP contribution is 2.31. The van der Waals surface area contributed by atoms with Crippen LogP contribution in [-0.4, -0.2) is 64.2 Å². The molecule has 0 saturated carbocycles. The zero-order valence-electron chi connectivity index (χ0n) is 21.4. The normalized spacial score (nSPS) is 12.1. The van der Waals surface area contributed by atoms with Gasteiger partial charge in [0.15, 0.2) is 0 Å². The standard InChI is InChI=1S/C25H35N3O6S/c1-17(2)26-25(30)19(4)27(15-20-9-11-21(33-5)12-10-20)24(29)16-28(35(7,31)32)22-14-18(3)8-13-23(22)34-6/h8-14,17,19H,15-16H2,1-7H3,(H,26,30). The number of rotatable bonds is 11. The number of nitrogens with zero attached hydrogens (tertiary/aromatic N) is 2. The molecule has 0 aliphatic heterocycles. The van der Waals surface area contributed by atoms with E-state index >= 15 is 0 Å². The highest BCUT2D eigenvalue weighted by atomic mass is 32.2. The Hall–Kier alpha value is -3.27. The molecule has 1 N–H and O–H groups in total. The van der Waals surface area contributed by atoms with Crippen molar-refractivity contribution in [3.05, 3.63) is 53.6 Å². The lowest BCUT2D eigenvalue weighted by molar-refractivity contribution is -0.139. The number of ether oxygens (including phenoxy) is 2. The zero-order valence-corrected chi connectivity index (χ0v) is 22.2. The summed E-state index contributed by atoms with van der Waals surface area (Å²) in [5, 5.41) is 2.82. The molecule has 0 spiro atoms. The van der Waals surface area contributed by atoms with Crippen LogP contribution in [0.25, 0.3) is 0 Å². The van der Waals surface area contributed by atoms with E-state index in [9.17, 15) is 18.0 Å². The summed E-state index contributed by atoms with van der Waals surface area (Å²) in [6.07, 6.45) is 1.03. The molecule has 10 heteroatoms. The molecule has 0 aromatic heterocycles. The molecule has 0 bridgehead atoms. The van der Waals surface area contributed by atoms with Crippen molar-refractivity contribution in [3.8, 4) is 11.5 Å². The Morgan fingerprint density at radius 2 is 1.63 bits per heavy atom. The Bertz CT molecular complexity index is 1130. The van der Waals surface area contributed by atoms with Gasteiger partial charge in [-0.15, -0.1) is 0 Å². The van der Waals surface area contributed by atoms with Crippen LogP contribution in [0.5, 0.6) is 11.5 Å². The van der Waals surface area contributed by atoms with E-state index in [4.69, 9.17) is 9.47 Å². The Labute approximate surface area is 208 Å². The Morgan fingerprint density at radius 1 is 1.00 bits per heavy atom. The second kappa shape index (κ2) is 11.9. The summed E-state index contributed by atoms with van der Waals surface area (Å²) < 4.78 is 37.1. The minimum absolute atomic E-state index is 0.109. The number of benzene rings is 2. The van der Waals surface area contributed by atoms with Crippen LogP contribution in [-0.2, 0) is 26.2 Å². The van der Waals surface area contributed by atoms with Crippen molar-refractivity contribution in [1.82, 2.24) is 10.2 Å². The van der Waals surface area contributed by atoms with Crippen LogP contribution in [0.2, 0.25) is 0 Å². The van der Waals surface area contributed by atoms with Crippen LogP contribution in [0.3, 0.4) is 0 Å². The van der Waals surface area contributed by atoms with E-state index < -0.39 is 28.5 Å². The quantitative estimate of drug-likeness (QED) is 0.504. The topological polar surface area (TPSA) is 105 Å². The van der Waals surface area contributed by atoms with Gasteiger partial charge >= 0.3 is 0 Å². The molecule has 2 aromatic carbocycles. The number of carbonyl (C=O) groups is 2. The van der Waals surface area contributed by atoms with E-state index in [1.807, 2.05) is 20.8 Å². The van der Waals surface area contributed by atoms with E-state index in [2.05, 4.69) is 5.32 Å². The summed E-state index contributed by atoms with van der Waals surface area (Å²) in [5.74, 6) is 0.121. The maximum atomic E-state index is 13.6. The van der Waals surface area contributed by atoms with Gasteiger partial charge in [-0.05, 0) is 63.1 Å². The Kier molecular flexibility index (Phi) is 9.53. The number of carbonyl (C=O) groups excluding carboxylic acids is 2.